The molecule has 1 N–H and O–H groups in total. The van der Waals surface area contributed by atoms with Crippen LogP contribution in [0.15, 0.2) is 12.1 Å². The Balaban J connectivity index is 2.05. The third-order valence-electron chi connectivity index (χ3n) is 3.61. The zero-order valence-electron chi connectivity index (χ0n) is 13.9. The number of carbonyl (C=O) groups is 1. The quantitative estimate of drug-likeness (QED) is 0.890. The summed E-state index contributed by atoms with van der Waals surface area (Å²) in [6, 6.07) is 3.28. The summed E-state index contributed by atoms with van der Waals surface area (Å²) in [6.07, 6.45) is 0.244. The summed E-state index contributed by atoms with van der Waals surface area (Å²) in [7, 11) is 3.05. The molecule has 1 aromatic carbocycles. The van der Waals surface area contributed by atoms with E-state index in [2.05, 4.69) is 10.2 Å². The minimum Gasteiger partial charge on any atom is -0.495 e. The van der Waals surface area contributed by atoms with Gasteiger partial charge in [0, 0.05) is 25.2 Å². The monoisotopic (exact) mass is 342 g/mol. The average Bonchev–Trinajstić information content (AvgIpc) is 2.47. The first-order valence-electron chi connectivity index (χ1n) is 7.52. The van der Waals surface area contributed by atoms with Gasteiger partial charge >= 0.3 is 0 Å². The van der Waals surface area contributed by atoms with Crippen molar-refractivity contribution in [2.24, 2.45) is 0 Å². The number of benzene rings is 1. The Kier molecular flexibility index (Phi) is 6.10. The predicted octanol–water partition coefficient (Wildman–Crippen LogP) is 2.40. The van der Waals surface area contributed by atoms with Crippen molar-refractivity contribution in [1.82, 2.24) is 4.90 Å². The molecule has 6 nitrogen and oxygen atoms in total. The van der Waals surface area contributed by atoms with Crippen LogP contribution in [0.25, 0.3) is 0 Å². The molecule has 1 aromatic rings. The van der Waals surface area contributed by atoms with Crippen molar-refractivity contribution in [3.05, 3.63) is 17.2 Å². The fourth-order valence-corrected chi connectivity index (χ4v) is 3.00. The lowest BCUT2D eigenvalue weighted by molar-refractivity contribution is -0.121. The number of halogens is 1. The highest BCUT2D eigenvalue weighted by Gasteiger charge is 2.24. The highest BCUT2D eigenvalue weighted by Crippen LogP contribution is 2.35. The summed E-state index contributed by atoms with van der Waals surface area (Å²) in [4.78, 5) is 14.4. The molecular weight excluding hydrogens is 320 g/mol. The molecule has 0 aromatic heterocycles. The zero-order valence-corrected chi connectivity index (χ0v) is 14.6. The number of hydrogen-bond donors (Lipinski definition) is 1. The van der Waals surface area contributed by atoms with Crippen LogP contribution in [0.2, 0.25) is 5.02 Å². The summed E-state index contributed by atoms with van der Waals surface area (Å²) < 4.78 is 16.1. The standard InChI is InChI=1S/C16H23ClN2O4/c1-10-7-19(8-11(2)23-10)9-16(20)18-13-6-14(21-3)12(17)5-15(13)22-4/h5-6,10-11H,7-9H2,1-4H3,(H,18,20). The van der Waals surface area contributed by atoms with Crippen LogP contribution in [-0.2, 0) is 9.53 Å². The largest absolute Gasteiger partial charge is 0.495 e. The van der Waals surface area contributed by atoms with E-state index >= 15 is 0 Å². The minimum absolute atomic E-state index is 0.117. The van der Waals surface area contributed by atoms with Crippen LogP contribution in [0.4, 0.5) is 5.69 Å². The van der Waals surface area contributed by atoms with Crippen LogP contribution in [0, 0.1) is 0 Å². The number of hydrogen-bond acceptors (Lipinski definition) is 5. The maximum atomic E-state index is 12.3. The van der Waals surface area contributed by atoms with E-state index in [1.165, 1.54) is 14.2 Å². The van der Waals surface area contributed by atoms with Gasteiger partial charge in [-0.2, -0.15) is 0 Å². The lowest BCUT2D eigenvalue weighted by Crippen LogP contribution is -2.48. The van der Waals surface area contributed by atoms with Crippen LogP contribution < -0.4 is 14.8 Å². The molecule has 1 aliphatic heterocycles. The lowest BCUT2D eigenvalue weighted by atomic mass is 10.2. The number of anilines is 1. The summed E-state index contributed by atoms with van der Waals surface area (Å²) in [5.41, 5.74) is 0.535. The number of nitrogens with one attached hydrogen (secondary N) is 1. The van der Waals surface area contributed by atoms with Gasteiger partial charge in [-0.25, -0.2) is 0 Å². The topological polar surface area (TPSA) is 60.0 Å². The number of amides is 1. The van der Waals surface area contributed by atoms with Gasteiger partial charge in [-0.3, -0.25) is 9.69 Å². The molecule has 2 unspecified atom stereocenters. The SMILES string of the molecule is COc1cc(NC(=O)CN2CC(C)OC(C)C2)c(OC)cc1Cl. The second-order valence-corrected chi connectivity index (χ2v) is 6.09. The van der Waals surface area contributed by atoms with Crippen molar-refractivity contribution in [1.29, 1.82) is 0 Å². The Labute approximate surface area is 141 Å². The molecule has 23 heavy (non-hydrogen) atoms. The molecule has 0 saturated carbocycles. The molecule has 2 atom stereocenters. The van der Waals surface area contributed by atoms with Gasteiger partial charge in [0.05, 0.1) is 43.7 Å². The molecule has 1 saturated heterocycles. The molecule has 2 rings (SSSR count). The number of carbonyl (C=O) groups excluding carboxylic acids is 1. The van der Waals surface area contributed by atoms with Crippen LogP contribution in [0.5, 0.6) is 11.5 Å². The van der Waals surface area contributed by atoms with Gasteiger partial charge < -0.3 is 19.5 Å². The molecule has 1 heterocycles. The van der Waals surface area contributed by atoms with E-state index in [-0.39, 0.29) is 18.1 Å². The number of methoxy groups -OCH3 is 2. The molecule has 1 fully saturated rings. The summed E-state index contributed by atoms with van der Waals surface area (Å²) in [5.74, 6) is 0.859. The van der Waals surface area contributed by atoms with Crippen LogP contribution >= 0.6 is 11.6 Å². The smallest absolute Gasteiger partial charge is 0.238 e. The van der Waals surface area contributed by atoms with E-state index in [1.54, 1.807) is 12.1 Å². The van der Waals surface area contributed by atoms with Crippen LogP contribution in [-0.4, -0.2) is 56.9 Å². The second-order valence-electron chi connectivity index (χ2n) is 5.69. The molecule has 0 spiro atoms. The van der Waals surface area contributed by atoms with Crippen molar-refractivity contribution in [3.8, 4) is 11.5 Å². The van der Waals surface area contributed by atoms with E-state index in [4.69, 9.17) is 25.8 Å². The number of nitrogens with zero attached hydrogens (tertiary/aromatic N) is 1. The Bertz CT molecular complexity index is 557. The highest BCUT2D eigenvalue weighted by molar-refractivity contribution is 6.32. The maximum absolute atomic E-state index is 12.3. The molecule has 0 radical (unpaired) electrons. The van der Waals surface area contributed by atoms with Crippen molar-refractivity contribution in [2.75, 3.05) is 39.2 Å². The second kappa shape index (κ2) is 7.86. The Hall–Kier alpha value is -1.50. The maximum Gasteiger partial charge on any atom is 0.238 e. The molecule has 0 aliphatic carbocycles. The molecule has 0 bridgehead atoms. The van der Waals surface area contributed by atoms with Gasteiger partial charge in [-0.15, -0.1) is 0 Å². The van der Waals surface area contributed by atoms with E-state index in [0.29, 0.717) is 28.8 Å². The van der Waals surface area contributed by atoms with Gasteiger partial charge in [0.15, 0.2) is 0 Å². The Morgan fingerprint density at radius 1 is 1.26 bits per heavy atom. The first-order valence-corrected chi connectivity index (χ1v) is 7.90. The molecule has 128 valence electrons. The van der Waals surface area contributed by atoms with Crippen molar-refractivity contribution in [2.45, 2.75) is 26.1 Å². The predicted molar refractivity (Wildman–Crippen MR) is 89.6 cm³/mol. The van der Waals surface area contributed by atoms with E-state index in [9.17, 15) is 4.79 Å². The van der Waals surface area contributed by atoms with E-state index in [1.807, 2.05) is 13.8 Å². The van der Waals surface area contributed by atoms with Gasteiger partial charge in [0.25, 0.3) is 0 Å². The van der Waals surface area contributed by atoms with Crippen molar-refractivity contribution >= 4 is 23.2 Å². The van der Waals surface area contributed by atoms with Crippen molar-refractivity contribution in [3.63, 3.8) is 0 Å². The Morgan fingerprint density at radius 3 is 2.43 bits per heavy atom. The van der Waals surface area contributed by atoms with E-state index in [0.717, 1.165) is 13.1 Å². The van der Waals surface area contributed by atoms with Gasteiger partial charge in [0.2, 0.25) is 5.91 Å². The zero-order chi connectivity index (χ0) is 17.0. The summed E-state index contributed by atoms with van der Waals surface area (Å²) in [5, 5.41) is 3.28. The number of morpholine rings is 1. The molecular formula is C16H23ClN2O4. The molecule has 1 amide bonds. The minimum atomic E-state index is -0.117. The number of ether oxygens (including phenoxy) is 3. The van der Waals surface area contributed by atoms with Crippen LogP contribution in [0.1, 0.15) is 13.8 Å². The van der Waals surface area contributed by atoms with Crippen LogP contribution in [0.3, 0.4) is 0 Å². The average molecular weight is 343 g/mol. The third-order valence-corrected chi connectivity index (χ3v) is 3.91. The van der Waals surface area contributed by atoms with Crippen molar-refractivity contribution < 1.29 is 19.0 Å². The lowest BCUT2D eigenvalue weighted by Gasteiger charge is -2.34. The molecule has 1 aliphatic rings. The summed E-state index contributed by atoms with van der Waals surface area (Å²) in [6.45, 7) is 5.78. The van der Waals surface area contributed by atoms with Gasteiger partial charge in [-0.1, -0.05) is 11.6 Å². The normalized spacial score (nSPS) is 21.8. The third kappa shape index (κ3) is 4.73. The van der Waals surface area contributed by atoms with Gasteiger partial charge in [0.1, 0.15) is 11.5 Å². The Morgan fingerprint density at radius 2 is 1.87 bits per heavy atom. The first-order chi connectivity index (χ1) is 10.9. The fourth-order valence-electron chi connectivity index (χ4n) is 2.76. The summed E-state index contributed by atoms with van der Waals surface area (Å²) >= 11 is 6.06. The van der Waals surface area contributed by atoms with E-state index < -0.39 is 0 Å². The fraction of sp³-hybridized carbons (Fsp3) is 0.562. The number of rotatable bonds is 5. The molecule has 7 heteroatoms. The highest BCUT2D eigenvalue weighted by atomic mass is 35.5. The first kappa shape index (κ1) is 17.8. The van der Waals surface area contributed by atoms with Gasteiger partial charge in [-0.05, 0) is 13.8 Å².